The molecule has 1 aliphatic rings. The van der Waals surface area contributed by atoms with E-state index in [-0.39, 0.29) is 5.82 Å². The fourth-order valence-corrected chi connectivity index (χ4v) is 4.16. The molecule has 0 spiro atoms. The van der Waals surface area contributed by atoms with Gasteiger partial charge in [0.05, 0.1) is 0 Å². The van der Waals surface area contributed by atoms with Crippen LogP contribution in [0.1, 0.15) is 21.9 Å². The van der Waals surface area contributed by atoms with Gasteiger partial charge in [-0.15, -0.1) is 11.3 Å². The molecule has 0 fully saturated rings. The molecule has 0 saturated heterocycles. The second-order valence-electron chi connectivity index (χ2n) is 5.21. The Morgan fingerprint density at radius 3 is 2.95 bits per heavy atom. The maximum Gasteiger partial charge on any atom is 0.124 e. The molecule has 1 aliphatic heterocycles. The van der Waals surface area contributed by atoms with Crippen LogP contribution in [0.5, 0.6) is 0 Å². The number of halogens is 1. The normalized spacial score (nSPS) is 18.1. The lowest BCUT2D eigenvalue weighted by Crippen LogP contribution is -2.28. The first kappa shape index (κ1) is 12.1. The van der Waals surface area contributed by atoms with Crippen molar-refractivity contribution in [2.24, 2.45) is 0 Å². The Bertz CT molecular complexity index is 778. The monoisotopic (exact) mass is 283 g/mol. The third-order valence-corrected chi connectivity index (χ3v) is 5.15. The zero-order valence-electron chi connectivity index (χ0n) is 10.9. The molecule has 3 aromatic rings. The number of rotatable bonds is 1. The van der Waals surface area contributed by atoms with E-state index >= 15 is 0 Å². The molecule has 0 saturated carbocycles. The number of thiophene rings is 1. The summed E-state index contributed by atoms with van der Waals surface area (Å²) in [5.41, 5.74) is 2.77. The first-order valence-electron chi connectivity index (χ1n) is 6.79. The van der Waals surface area contributed by atoms with Crippen LogP contribution in [0.25, 0.3) is 10.1 Å². The molecule has 4 rings (SSSR count). The van der Waals surface area contributed by atoms with E-state index in [0.29, 0.717) is 5.92 Å². The molecule has 20 heavy (non-hydrogen) atoms. The molecule has 3 heteroatoms. The van der Waals surface area contributed by atoms with E-state index in [1.807, 2.05) is 6.07 Å². The first-order chi connectivity index (χ1) is 9.81. The van der Waals surface area contributed by atoms with E-state index in [9.17, 15) is 4.39 Å². The minimum atomic E-state index is -0.159. The van der Waals surface area contributed by atoms with Crippen LogP contribution >= 0.6 is 11.3 Å². The van der Waals surface area contributed by atoms with Crippen LogP contribution in [0, 0.1) is 5.82 Å². The summed E-state index contributed by atoms with van der Waals surface area (Å²) in [6, 6.07) is 15.8. The second-order valence-corrected chi connectivity index (χ2v) is 6.33. The molecule has 0 amide bonds. The van der Waals surface area contributed by atoms with Gasteiger partial charge in [0.15, 0.2) is 0 Å². The largest absolute Gasteiger partial charge is 0.312 e. The van der Waals surface area contributed by atoms with Gasteiger partial charge in [0, 0.05) is 28.6 Å². The second kappa shape index (κ2) is 4.69. The number of fused-ring (bicyclic) bond motifs is 2. The van der Waals surface area contributed by atoms with Crippen molar-refractivity contribution in [3.8, 4) is 0 Å². The van der Waals surface area contributed by atoms with Gasteiger partial charge in [-0.25, -0.2) is 4.39 Å². The third-order valence-electron chi connectivity index (χ3n) is 3.94. The van der Waals surface area contributed by atoms with Gasteiger partial charge in [-0.3, -0.25) is 0 Å². The Kier molecular flexibility index (Phi) is 2.83. The molecule has 0 bridgehead atoms. The average molecular weight is 283 g/mol. The highest BCUT2D eigenvalue weighted by atomic mass is 32.1. The van der Waals surface area contributed by atoms with Gasteiger partial charge >= 0.3 is 0 Å². The molecule has 2 heterocycles. The summed E-state index contributed by atoms with van der Waals surface area (Å²) >= 11 is 1.70. The highest BCUT2D eigenvalue weighted by Crippen LogP contribution is 2.37. The fourth-order valence-electron chi connectivity index (χ4n) is 2.95. The molecular weight excluding hydrogens is 269 g/mol. The highest BCUT2D eigenvalue weighted by molar-refractivity contribution is 7.19. The van der Waals surface area contributed by atoms with Crippen molar-refractivity contribution in [1.82, 2.24) is 5.32 Å². The summed E-state index contributed by atoms with van der Waals surface area (Å²) in [6.45, 7) is 1.89. The topological polar surface area (TPSA) is 12.0 Å². The van der Waals surface area contributed by atoms with Crippen LogP contribution in [0.15, 0.2) is 48.5 Å². The zero-order chi connectivity index (χ0) is 13.5. The fraction of sp³-hybridized carbons (Fsp3) is 0.176. The summed E-state index contributed by atoms with van der Waals surface area (Å²) in [5, 5.41) is 4.61. The molecule has 1 aromatic heterocycles. The van der Waals surface area contributed by atoms with Crippen LogP contribution in [-0.4, -0.2) is 6.54 Å². The van der Waals surface area contributed by atoms with Crippen molar-refractivity contribution in [3.63, 3.8) is 0 Å². The van der Waals surface area contributed by atoms with Crippen molar-refractivity contribution in [2.75, 3.05) is 6.54 Å². The van der Waals surface area contributed by atoms with Crippen molar-refractivity contribution < 1.29 is 4.39 Å². The van der Waals surface area contributed by atoms with Gasteiger partial charge in [0.25, 0.3) is 0 Å². The van der Waals surface area contributed by atoms with Crippen molar-refractivity contribution in [2.45, 2.75) is 12.5 Å². The Balaban J connectivity index is 1.84. The van der Waals surface area contributed by atoms with Gasteiger partial charge < -0.3 is 5.32 Å². The van der Waals surface area contributed by atoms with Gasteiger partial charge in [0.2, 0.25) is 0 Å². The van der Waals surface area contributed by atoms with Gasteiger partial charge in [0.1, 0.15) is 5.82 Å². The molecule has 2 aromatic carbocycles. The van der Waals surface area contributed by atoms with E-state index in [1.165, 1.54) is 22.1 Å². The summed E-state index contributed by atoms with van der Waals surface area (Å²) < 4.78 is 14.4. The van der Waals surface area contributed by atoms with Crippen molar-refractivity contribution in [1.29, 1.82) is 0 Å². The number of nitrogens with one attached hydrogen (secondary N) is 1. The van der Waals surface area contributed by atoms with E-state index in [1.54, 1.807) is 17.4 Å². The van der Waals surface area contributed by atoms with Gasteiger partial charge in [-0.05, 0) is 34.7 Å². The minimum absolute atomic E-state index is 0.159. The summed E-state index contributed by atoms with van der Waals surface area (Å²) in [4.78, 5) is 1.31. The maximum atomic E-state index is 13.3. The molecule has 1 unspecified atom stereocenters. The lowest BCUT2D eigenvalue weighted by Gasteiger charge is -2.25. The molecule has 0 radical (unpaired) electrons. The van der Waals surface area contributed by atoms with E-state index in [4.69, 9.17) is 0 Å². The molecule has 0 aliphatic carbocycles. The van der Waals surface area contributed by atoms with E-state index < -0.39 is 0 Å². The standard InChI is InChI=1S/C17H14FNS/c18-13-6-5-11-7-17(20-16(11)8-13)15-10-19-9-12-3-1-2-4-14(12)15/h1-8,15,19H,9-10H2. The smallest absolute Gasteiger partial charge is 0.124 e. The predicted octanol–water partition coefficient (Wildman–Crippen LogP) is 4.28. The first-order valence-corrected chi connectivity index (χ1v) is 7.60. The minimum Gasteiger partial charge on any atom is -0.312 e. The number of hydrogen-bond donors (Lipinski definition) is 1. The lowest BCUT2D eigenvalue weighted by atomic mass is 9.89. The summed E-state index contributed by atoms with van der Waals surface area (Å²) in [6.07, 6.45) is 0. The van der Waals surface area contributed by atoms with E-state index in [0.717, 1.165) is 23.2 Å². The number of benzene rings is 2. The highest BCUT2D eigenvalue weighted by Gasteiger charge is 2.22. The SMILES string of the molecule is Fc1ccc2cc(C3CNCc4ccccc43)sc2c1. The van der Waals surface area contributed by atoms with Crippen LogP contribution in [0.4, 0.5) is 4.39 Å². The lowest BCUT2D eigenvalue weighted by molar-refractivity contribution is 0.596. The summed E-state index contributed by atoms with van der Waals surface area (Å²) in [5.74, 6) is 0.216. The van der Waals surface area contributed by atoms with Gasteiger partial charge in [-0.2, -0.15) is 0 Å². The van der Waals surface area contributed by atoms with Gasteiger partial charge in [-0.1, -0.05) is 30.3 Å². The Morgan fingerprint density at radius 1 is 1.10 bits per heavy atom. The van der Waals surface area contributed by atoms with E-state index in [2.05, 4.69) is 35.6 Å². The van der Waals surface area contributed by atoms with Crippen molar-refractivity contribution in [3.05, 3.63) is 70.4 Å². The van der Waals surface area contributed by atoms with Crippen molar-refractivity contribution >= 4 is 21.4 Å². The number of hydrogen-bond acceptors (Lipinski definition) is 2. The molecule has 1 nitrogen and oxygen atoms in total. The Morgan fingerprint density at radius 2 is 2.00 bits per heavy atom. The van der Waals surface area contributed by atoms with Crippen LogP contribution in [0.3, 0.4) is 0 Å². The quantitative estimate of drug-likeness (QED) is 0.703. The summed E-state index contributed by atoms with van der Waals surface area (Å²) in [7, 11) is 0. The molecular formula is C17H14FNS. The van der Waals surface area contributed by atoms with Crippen LogP contribution in [-0.2, 0) is 6.54 Å². The Labute approximate surface area is 121 Å². The van der Waals surface area contributed by atoms with Crippen LogP contribution < -0.4 is 5.32 Å². The predicted molar refractivity (Wildman–Crippen MR) is 81.8 cm³/mol. The zero-order valence-corrected chi connectivity index (χ0v) is 11.7. The molecule has 1 atom stereocenters. The Hall–Kier alpha value is -1.71. The average Bonchev–Trinajstić information content (AvgIpc) is 2.89. The maximum absolute atomic E-state index is 13.3. The molecule has 1 N–H and O–H groups in total. The van der Waals surface area contributed by atoms with Crippen LogP contribution in [0.2, 0.25) is 0 Å². The molecule has 100 valence electrons. The third kappa shape index (κ3) is 1.94.